The van der Waals surface area contributed by atoms with E-state index in [9.17, 15) is 0 Å². The van der Waals surface area contributed by atoms with Crippen molar-refractivity contribution in [3.05, 3.63) is 64.9 Å². The van der Waals surface area contributed by atoms with E-state index >= 15 is 0 Å². The van der Waals surface area contributed by atoms with Crippen LogP contribution in [0.3, 0.4) is 0 Å². The Hall–Kier alpha value is -2.37. The van der Waals surface area contributed by atoms with Crippen molar-refractivity contribution >= 4 is 11.6 Å². The van der Waals surface area contributed by atoms with Crippen LogP contribution in [0.25, 0.3) is 11.4 Å². The van der Waals surface area contributed by atoms with E-state index in [0.29, 0.717) is 16.7 Å². The van der Waals surface area contributed by atoms with E-state index in [1.807, 2.05) is 42.5 Å². The summed E-state index contributed by atoms with van der Waals surface area (Å²) in [6.45, 7) is 0. The van der Waals surface area contributed by atoms with Crippen molar-refractivity contribution in [3.8, 4) is 17.1 Å². The van der Waals surface area contributed by atoms with E-state index in [-0.39, 0.29) is 0 Å². The zero-order valence-corrected chi connectivity index (χ0v) is 12.7. The van der Waals surface area contributed by atoms with Crippen LogP contribution in [0.1, 0.15) is 17.4 Å². The van der Waals surface area contributed by atoms with Crippen LogP contribution in [-0.4, -0.2) is 22.3 Å². The third-order valence-corrected chi connectivity index (χ3v) is 3.57. The lowest BCUT2D eigenvalue weighted by Gasteiger charge is -2.09. The third-order valence-electron chi connectivity index (χ3n) is 3.33. The molecule has 22 heavy (non-hydrogen) atoms. The first-order valence-corrected chi connectivity index (χ1v) is 7.13. The van der Waals surface area contributed by atoms with E-state index < -0.39 is 6.04 Å². The summed E-state index contributed by atoms with van der Waals surface area (Å²) in [5.74, 6) is 1.90. The van der Waals surface area contributed by atoms with E-state index in [1.165, 1.54) is 0 Å². The highest BCUT2D eigenvalue weighted by Crippen LogP contribution is 2.24. The normalized spacial score (nSPS) is 12.1. The molecule has 1 heterocycles. The van der Waals surface area contributed by atoms with E-state index in [1.54, 1.807) is 13.2 Å². The highest BCUT2D eigenvalue weighted by Gasteiger charge is 2.15. The molecule has 1 atom stereocenters. The van der Waals surface area contributed by atoms with Crippen LogP contribution in [-0.2, 0) is 0 Å². The van der Waals surface area contributed by atoms with E-state index in [0.717, 1.165) is 16.9 Å². The molecule has 0 amide bonds. The van der Waals surface area contributed by atoms with Gasteiger partial charge in [-0.2, -0.15) is 5.10 Å². The zero-order chi connectivity index (χ0) is 15.5. The number of H-pyrrole nitrogens is 1. The number of aromatic nitrogens is 3. The Morgan fingerprint density at radius 2 is 2.00 bits per heavy atom. The molecule has 112 valence electrons. The summed E-state index contributed by atoms with van der Waals surface area (Å²) in [5, 5.41) is 7.74. The molecule has 0 saturated carbocycles. The second-order valence-corrected chi connectivity index (χ2v) is 5.25. The van der Waals surface area contributed by atoms with Crippen molar-refractivity contribution in [2.45, 2.75) is 6.04 Å². The highest BCUT2D eigenvalue weighted by atomic mass is 35.5. The molecule has 3 aromatic rings. The first-order valence-electron chi connectivity index (χ1n) is 6.75. The van der Waals surface area contributed by atoms with Crippen molar-refractivity contribution in [1.29, 1.82) is 0 Å². The van der Waals surface area contributed by atoms with Gasteiger partial charge in [0.25, 0.3) is 0 Å². The number of nitrogens with one attached hydrogen (secondary N) is 1. The molecule has 3 rings (SSSR count). The minimum atomic E-state index is -0.407. The molecular weight excluding hydrogens is 300 g/mol. The quantitative estimate of drug-likeness (QED) is 0.775. The van der Waals surface area contributed by atoms with Gasteiger partial charge in [-0.05, 0) is 29.8 Å². The second kappa shape index (κ2) is 6.17. The minimum absolute atomic E-state index is 0.407. The van der Waals surface area contributed by atoms with Gasteiger partial charge in [-0.3, -0.25) is 5.10 Å². The van der Waals surface area contributed by atoms with Crippen LogP contribution in [0, 0.1) is 0 Å². The number of aromatic amines is 1. The SMILES string of the molecule is COc1cccc([C@H](N)c2nc(-c3cccc(Cl)c3)n[nH]2)c1. The Balaban J connectivity index is 1.89. The van der Waals surface area contributed by atoms with Gasteiger partial charge in [0.05, 0.1) is 13.2 Å². The summed E-state index contributed by atoms with van der Waals surface area (Å²) in [6.07, 6.45) is 0. The summed E-state index contributed by atoms with van der Waals surface area (Å²) < 4.78 is 5.21. The number of ether oxygens (including phenoxy) is 1. The molecular formula is C16H15ClN4O. The second-order valence-electron chi connectivity index (χ2n) is 4.81. The highest BCUT2D eigenvalue weighted by molar-refractivity contribution is 6.30. The maximum Gasteiger partial charge on any atom is 0.181 e. The van der Waals surface area contributed by atoms with Gasteiger partial charge in [0, 0.05) is 10.6 Å². The van der Waals surface area contributed by atoms with Crippen LogP contribution < -0.4 is 10.5 Å². The van der Waals surface area contributed by atoms with Gasteiger partial charge in [0.2, 0.25) is 0 Å². The number of methoxy groups -OCH3 is 1. The molecule has 5 nitrogen and oxygen atoms in total. The van der Waals surface area contributed by atoms with Crippen LogP contribution in [0.15, 0.2) is 48.5 Å². The van der Waals surface area contributed by atoms with Gasteiger partial charge in [-0.25, -0.2) is 4.98 Å². The van der Waals surface area contributed by atoms with Gasteiger partial charge in [-0.15, -0.1) is 0 Å². The fourth-order valence-electron chi connectivity index (χ4n) is 2.16. The number of nitrogens with zero attached hydrogens (tertiary/aromatic N) is 2. The van der Waals surface area contributed by atoms with Crippen molar-refractivity contribution in [2.24, 2.45) is 5.73 Å². The summed E-state index contributed by atoms with van der Waals surface area (Å²) in [4.78, 5) is 4.46. The largest absolute Gasteiger partial charge is 0.497 e. The fourth-order valence-corrected chi connectivity index (χ4v) is 2.35. The molecule has 6 heteroatoms. The number of halogens is 1. The number of hydrogen-bond donors (Lipinski definition) is 2. The lowest BCUT2D eigenvalue weighted by Crippen LogP contribution is -2.13. The number of rotatable bonds is 4. The zero-order valence-electron chi connectivity index (χ0n) is 12.0. The van der Waals surface area contributed by atoms with Crippen molar-refractivity contribution < 1.29 is 4.74 Å². The lowest BCUT2D eigenvalue weighted by molar-refractivity contribution is 0.414. The molecule has 0 aliphatic rings. The molecule has 0 radical (unpaired) electrons. The predicted octanol–water partition coefficient (Wildman–Crippen LogP) is 3.18. The lowest BCUT2D eigenvalue weighted by atomic mass is 10.1. The van der Waals surface area contributed by atoms with Crippen molar-refractivity contribution in [1.82, 2.24) is 15.2 Å². The Bertz CT molecular complexity index is 787. The van der Waals surface area contributed by atoms with Crippen molar-refractivity contribution in [3.63, 3.8) is 0 Å². The van der Waals surface area contributed by atoms with Crippen LogP contribution in [0.4, 0.5) is 0 Å². The Labute approximate surface area is 133 Å². The topological polar surface area (TPSA) is 76.8 Å². The van der Waals surface area contributed by atoms with Gasteiger partial charge in [-0.1, -0.05) is 35.9 Å². The van der Waals surface area contributed by atoms with Gasteiger partial charge >= 0.3 is 0 Å². The Morgan fingerprint density at radius 1 is 1.18 bits per heavy atom. The average Bonchev–Trinajstić information content (AvgIpc) is 3.04. The predicted molar refractivity (Wildman–Crippen MR) is 85.9 cm³/mol. The van der Waals surface area contributed by atoms with Gasteiger partial charge in [0.15, 0.2) is 5.82 Å². The molecule has 0 spiro atoms. The monoisotopic (exact) mass is 314 g/mol. The van der Waals surface area contributed by atoms with E-state index in [2.05, 4.69) is 15.2 Å². The maximum atomic E-state index is 6.25. The summed E-state index contributed by atoms with van der Waals surface area (Å²) >= 11 is 5.99. The molecule has 1 aromatic heterocycles. The van der Waals surface area contributed by atoms with Gasteiger partial charge in [0.1, 0.15) is 11.6 Å². The Morgan fingerprint density at radius 3 is 2.77 bits per heavy atom. The molecule has 0 unspecified atom stereocenters. The minimum Gasteiger partial charge on any atom is -0.497 e. The maximum absolute atomic E-state index is 6.25. The smallest absolute Gasteiger partial charge is 0.181 e. The van der Waals surface area contributed by atoms with Crippen LogP contribution in [0.2, 0.25) is 5.02 Å². The standard InChI is InChI=1S/C16H15ClN4O/c1-22-13-7-3-4-10(9-13)14(18)16-19-15(20-21-16)11-5-2-6-12(17)8-11/h2-9,14H,18H2,1H3,(H,19,20,21)/t14-/m0/s1. The Kier molecular flexibility index (Phi) is 4.09. The number of hydrogen-bond acceptors (Lipinski definition) is 4. The van der Waals surface area contributed by atoms with Crippen LogP contribution >= 0.6 is 11.6 Å². The summed E-state index contributed by atoms with van der Waals surface area (Å²) in [7, 11) is 1.62. The molecule has 2 aromatic carbocycles. The molecule has 0 saturated heterocycles. The third kappa shape index (κ3) is 2.95. The molecule has 0 aliphatic carbocycles. The summed E-state index contributed by atoms with van der Waals surface area (Å²) in [5.41, 5.74) is 7.98. The first kappa shape index (κ1) is 14.6. The number of benzene rings is 2. The van der Waals surface area contributed by atoms with E-state index in [4.69, 9.17) is 22.1 Å². The fraction of sp³-hybridized carbons (Fsp3) is 0.125. The summed E-state index contributed by atoms with van der Waals surface area (Å²) in [6, 6.07) is 14.5. The van der Waals surface area contributed by atoms with Crippen LogP contribution in [0.5, 0.6) is 5.75 Å². The molecule has 0 fully saturated rings. The first-order chi connectivity index (χ1) is 10.7. The molecule has 0 bridgehead atoms. The average molecular weight is 315 g/mol. The van der Waals surface area contributed by atoms with Crippen molar-refractivity contribution in [2.75, 3.05) is 7.11 Å². The molecule has 3 N–H and O–H groups in total. The molecule has 0 aliphatic heterocycles. The number of nitrogens with two attached hydrogens (primary N) is 1. The van der Waals surface area contributed by atoms with Gasteiger partial charge < -0.3 is 10.5 Å².